The number of rotatable bonds is 1. The van der Waals surface area contributed by atoms with Crippen molar-refractivity contribution in [3.63, 3.8) is 0 Å². The molecular weight excluding hydrogens is 177 g/mol. The molecule has 1 aromatic rings. The molecule has 64 valence electrons. The first-order valence-electron chi connectivity index (χ1n) is 3.89. The van der Waals surface area contributed by atoms with Crippen molar-refractivity contribution in [1.82, 2.24) is 0 Å². The van der Waals surface area contributed by atoms with Gasteiger partial charge in [-0.3, -0.25) is 0 Å². The van der Waals surface area contributed by atoms with Crippen LogP contribution < -0.4 is 5.73 Å². The van der Waals surface area contributed by atoms with E-state index in [9.17, 15) is 4.39 Å². The third kappa shape index (κ3) is 1.21. The van der Waals surface area contributed by atoms with Crippen molar-refractivity contribution in [3.8, 4) is 0 Å². The van der Waals surface area contributed by atoms with Crippen molar-refractivity contribution in [1.29, 1.82) is 0 Å². The molecule has 2 unspecified atom stereocenters. The third-order valence-corrected chi connectivity index (χ3v) is 2.62. The maximum absolute atomic E-state index is 12.9. The van der Waals surface area contributed by atoms with Crippen LogP contribution in [0, 0.1) is 5.82 Å². The SMILES string of the molecule is NC1CC1c1cccc(F)c1Cl. The summed E-state index contributed by atoms with van der Waals surface area (Å²) in [5.74, 6) is -0.0820. The van der Waals surface area contributed by atoms with Crippen LogP contribution in [-0.4, -0.2) is 6.04 Å². The second-order valence-electron chi connectivity index (χ2n) is 3.15. The normalized spacial score (nSPS) is 27.2. The lowest BCUT2D eigenvalue weighted by molar-refractivity contribution is 0.626. The van der Waals surface area contributed by atoms with Crippen molar-refractivity contribution in [2.75, 3.05) is 0 Å². The molecule has 2 N–H and O–H groups in total. The summed E-state index contributed by atoms with van der Waals surface area (Å²) in [6.45, 7) is 0. The molecule has 12 heavy (non-hydrogen) atoms. The first-order chi connectivity index (χ1) is 5.70. The standard InChI is InChI=1S/C9H9ClFN/c10-9-5(6-4-8(6)12)2-1-3-7(9)11/h1-3,6,8H,4,12H2. The van der Waals surface area contributed by atoms with Crippen molar-refractivity contribution >= 4 is 11.6 Å². The zero-order valence-electron chi connectivity index (χ0n) is 6.43. The van der Waals surface area contributed by atoms with E-state index in [1.807, 2.05) is 6.07 Å². The minimum absolute atomic E-state index is 0.171. The molecule has 0 aromatic heterocycles. The topological polar surface area (TPSA) is 26.0 Å². The molecule has 1 fully saturated rings. The number of hydrogen-bond acceptors (Lipinski definition) is 1. The maximum atomic E-state index is 12.9. The van der Waals surface area contributed by atoms with Crippen molar-refractivity contribution < 1.29 is 4.39 Å². The van der Waals surface area contributed by atoms with Gasteiger partial charge >= 0.3 is 0 Å². The smallest absolute Gasteiger partial charge is 0.142 e. The van der Waals surface area contributed by atoms with Gasteiger partial charge in [0, 0.05) is 12.0 Å². The molecule has 1 aliphatic rings. The van der Waals surface area contributed by atoms with Gasteiger partial charge in [0.2, 0.25) is 0 Å². The summed E-state index contributed by atoms with van der Waals surface area (Å²) in [5.41, 5.74) is 6.49. The molecule has 0 radical (unpaired) electrons. The Morgan fingerprint density at radius 1 is 1.50 bits per heavy atom. The predicted molar refractivity (Wildman–Crippen MR) is 46.7 cm³/mol. The summed E-state index contributed by atoms with van der Waals surface area (Å²) in [5, 5.41) is 0.232. The number of benzene rings is 1. The zero-order chi connectivity index (χ0) is 8.72. The van der Waals surface area contributed by atoms with Crippen LogP contribution in [-0.2, 0) is 0 Å². The Morgan fingerprint density at radius 2 is 2.17 bits per heavy atom. The van der Waals surface area contributed by atoms with Crippen LogP contribution in [0.25, 0.3) is 0 Å². The van der Waals surface area contributed by atoms with E-state index in [1.54, 1.807) is 6.07 Å². The lowest BCUT2D eigenvalue weighted by atomic mass is 10.1. The van der Waals surface area contributed by atoms with Gasteiger partial charge < -0.3 is 5.73 Å². The van der Waals surface area contributed by atoms with Gasteiger partial charge in [0.15, 0.2) is 0 Å². The van der Waals surface area contributed by atoms with Crippen LogP contribution >= 0.6 is 11.6 Å². The van der Waals surface area contributed by atoms with Crippen LogP contribution in [0.5, 0.6) is 0 Å². The predicted octanol–water partition coefficient (Wildman–Crippen LogP) is 2.29. The summed E-state index contributed by atoms with van der Waals surface area (Å²) in [7, 11) is 0. The van der Waals surface area contributed by atoms with E-state index in [4.69, 9.17) is 17.3 Å². The Kier molecular flexibility index (Phi) is 1.81. The highest BCUT2D eigenvalue weighted by Gasteiger charge is 2.36. The lowest BCUT2D eigenvalue weighted by Gasteiger charge is -2.02. The molecule has 0 saturated heterocycles. The molecule has 0 amide bonds. The molecule has 0 heterocycles. The summed E-state index contributed by atoms with van der Waals surface area (Å²) in [4.78, 5) is 0. The van der Waals surface area contributed by atoms with E-state index in [1.165, 1.54) is 6.07 Å². The van der Waals surface area contributed by atoms with Gasteiger partial charge in [0.1, 0.15) is 5.82 Å². The van der Waals surface area contributed by atoms with Gasteiger partial charge in [-0.2, -0.15) is 0 Å². The largest absolute Gasteiger partial charge is 0.327 e. The van der Waals surface area contributed by atoms with E-state index >= 15 is 0 Å². The Labute approximate surface area is 75.3 Å². The number of halogens is 2. The van der Waals surface area contributed by atoms with E-state index in [0.717, 1.165) is 12.0 Å². The Morgan fingerprint density at radius 3 is 2.75 bits per heavy atom. The monoisotopic (exact) mass is 185 g/mol. The van der Waals surface area contributed by atoms with Crippen LogP contribution in [0.2, 0.25) is 5.02 Å². The van der Waals surface area contributed by atoms with Gasteiger partial charge in [0.05, 0.1) is 5.02 Å². The molecule has 0 aliphatic heterocycles. The number of nitrogens with two attached hydrogens (primary N) is 1. The average molecular weight is 186 g/mol. The second kappa shape index (κ2) is 2.71. The summed E-state index contributed by atoms with van der Waals surface area (Å²) >= 11 is 5.76. The maximum Gasteiger partial charge on any atom is 0.142 e. The Balaban J connectivity index is 2.38. The van der Waals surface area contributed by atoms with Gasteiger partial charge in [-0.25, -0.2) is 4.39 Å². The Hall–Kier alpha value is -0.600. The summed E-state index contributed by atoms with van der Waals surface area (Å²) in [6.07, 6.45) is 0.920. The van der Waals surface area contributed by atoms with Crippen molar-refractivity contribution in [3.05, 3.63) is 34.6 Å². The van der Waals surface area contributed by atoms with E-state index in [-0.39, 0.29) is 22.8 Å². The number of hydrogen-bond donors (Lipinski definition) is 1. The molecule has 2 atom stereocenters. The van der Waals surface area contributed by atoms with E-state index in [2.05, 4.69) is 0 Å². The van der Waals surface area contributed by atoms with Crippen LogP contribution in [0.4, 0.5) is 4.39 Å². The van der Waals surface area contributed by atoms with Crippen LogP contribution in [0.1, 0.15) is 17.9 Å². The van der Waals surface area contributed by atoms with Gasteiger partial charge in [-0.05, 0) is 18.1 Å². The molecule has 1 aromatic carbocycles. The molecule has 1 nitrogen and oxygen atoms in total. The van der Waals surface area contributed by atoms with Crippen molar-refractivity contribution in [2.24, 2.45) is 5.73 Å². The molecule has 0 spiro atoms. The Bertz CT molecular complexity index is 313. The molecular formula is C9H9ClFN. The molecule has 3 heteroatoms. The van der Waals surface area contributed by atoms with Gasteiger partial charge in [0.25, 0.3) is 0 Å². The van der Waals surface area contributed by atoms with E-state index < -0.39 is 0 Å². The summed E-state index contributed by atoms with van der Waals surface area (Å²) < 4.78 is 12.9. The lowest BCUT2D eigenvalue weighted by Crippen LogP contribution is -2.01. The first kappa shape index (κ1) is 8.02. The fraction of sp³-hybridized carbons (Fsp3) is 0.333. The first-order valence-corrected chi connectivity index (χ1v) is 4.27. The fourth-order valence-corrected chi connectivity index (χ4v) is 1.65. The summed E-state index contributed by atoms with van der Waals surface area (Å²) in [6, 6.07) is 5.04. The van der Waals surface area contributed by atoms with Gasteiger partial charge in [-0.15, -0.1) is 0 Å². The molecule has 1 saturated carbocycles. The fourth-order valence-electron chi connectivity index (χ4n) is 1.38. The average Bonchev–Trinajstić information content (AvgIpc) is 2.73. The molecule has 1 aliphatic carbocycles. The van der Waals surface area contributed by atoms with Crippen LogP contribution in [0.3, 0.4) is 0 Å². The second-order valence-corrected chi connectivity index (χ2v) is 3.53. The zero-order valence-corrected chi connectivity index (χ0v) is 7.18. The van der Waals surface area contributed by atoms with Crippen LogP contribution in [0.15, 0.2) is 18.2 Å². The minimum atomic E-state index is -0.353. The quantitative estimate of drug-likeness (QED) is 0.714. The highest BCUT2D eigenvalue weighted by Crippen LogP contribution is 2.42. The highest BCUT2D eigenvalue weighted by molar-refractivity contribution is 6.31. The van der Waals surface area contributed by atoms with Gasteiger partial charge in [-0.1, -0.05) is 23.7 Å². The third-order valence-electron chi connectivity index (χ3n) is 2.22. The highest BCUT2D eigenvalue weighted by atomic mass is 35.5. The van der Waals surface area contributed by atoms with E-state index in [0.29, 0.717) is 0 Å². The molecule has 2 rings (SSSR count). The van der Waals surface area contributed by atoms with Crippen molar-refractivity contribution in [2.45, 2.75) is 18.4 Å². The molecule has 0 bridgehead atoms. The minimum Gasteiger partial charge on any atom is -0.327 e.